The summed E-state index contributed by atoms with van der Waals surface area (Å²) in [5, 5.41) is 11.8. The van der Waals surface area contributed by atoms with Crippen LogP contribution in [0.25, 0.3) is 5.76 Å². The number of hydrogen-bond donors (Lipinski definition) is 1. The smallest absolute Gasteiger partial charge is 0.350 e. The van der Waals surface area contributed by atoms with Gasteiger partial charge >= 0.3 is 11.9 Å². The summed E-state index contributed by atoms with van der Waals surface area (Å²) in [5.74, 6) is -1.14. The molecule has 2 aliphatic rings. The first-order valence-corrected chi connectivity index (χ1v) is 14.8. The van der Waals surface area contributed by atoms with Crippen molar-refractivity contribution in [3.05, 3.63) is 81.9 Å². The van der Waals surface area contributed by atoms with Crippen LogP contribution >= 0.6 is 11.3 Å². The van der Waals surface area contributed by atoms with Crippen molar-refractivity contribution in [3.63, 3.8) is 0 Å². The lowest BCUT2D eigenvalue weighted by Crippen LogP contribution is -2.29. The van der Waals surface area contributed by atoms with Crippen LogP contribution in [-0.4, -0.2) is 53.7 Å². The van der Waals surface area contributed by atoms with Gasteiger partial charge in [-0.05, 0) is 69.2 Å². The molecular weight excluding hydrogens is 572 g/mol. The first-order valence-electron chi connectivity index (χ1n) is 13.9. The molecule has 2 aromatic carbocycles. The van der Waals surface area contributed by atoms with E-state index in [9.17, 15) is 19.5 Å². The number of hydrogen-bond acceptors (Lipinski definition) is 10. The molecule has 3 heterocycles. The number of benzene rings is 2. The molecule has 1 N–H and O–H groups in total. The number of aliphatic hydroxyl groups is 1. The maximum Gasteiger partial charge on any atom is 0.350 e. The lowest BCUT2D eigenvalue weighted by Gasteiger charge is -2.24. The van der Waals surface area contributed by atoms with Crippen LogP contribution in [0.5, 0.6) is 17.2 Å². The minimum absolute atomic E-state index is 0.0153. The van der Waals surface area contributed by atoms with Gasteiger partial charge in [0.25, 0.3) is 5.78 Å². The Bertz CT molecular complexity index is 1640. The molecule has 1 aromatic heterocycles. The minimum atomic E-state index is -1.09. The second kappa shape index (κ2) is 12.3. The van der Waals surface area contributed by atoms with Crippen molar-refractivity contribution >= 4 is 39.9 Å². The van der Waals surface area contributed by atoms with Crippen LogP contribution in [0.15, 0.2) is 54.6 Å². The van der Waals surface area contributed by atoms with Crippen molar-refractivity contribution < 1.29 is 38.4 Å². The molecule has 1 amide bonds. The van der Waals surface area contributed by atoms with Gasteiger partial charge in [0, 0.05) is 12.0 Å². The highest BCUT2D eigenvalue weighted by Gasteiger charge is 2.49. The number of thiazole rings is 1. The number of rotatable bonds is 10. The fraction of sp³-hybridized carbons (Fsp3) is 0.312. The van der Waals surface area contributed by atoms with Crippen LogP contribution in [0, 0.1) is 6.92 Å². The average Bonchev–Trinajstić information content (AvgIpc) is 3.63. The Labute approximate surface area is 253 Å². The summed E-state index contributed by atoms with van der Waals surface area (Å²) in [6.45, 7) is 11.5. The molecule has 224 valence electrons. The number of amides is 1. The fourth-order valence-electron chi connectivity index (χ4n) is 5.17. The number of nitrogens with zero attached hydrogens (tertiary/aromatic N) is 2. The Balaban J connectivity index is 1.69. The largest absolute Gasteiger partial charge is 0.507 e. The highest BCUT2D eigenvalue weighted by molar-refractivity contribution is 7.17. The second-order valence-electron chi connectivity index (χ2n) is 9.99. The molecule has 11 heteroatoms. The molecule has 43 heavy (non-hydrogen) atoms. The van der Waals surface area contributed by atoms with Crippen molar-refractivity contribution in [1.82, 2.24) is 4.98 Å². The van der Waals surface area contributed by atoms with E-state index in [0.717, 1.165) is 16.9 Å². The quantitative estimate of drug-likeness (QED) is 0.104. The van der Waals surface area contributed by atoms with Crippen LogP contribution in [-0.2, 0) is 20.7 Å². The zero-order valence-electron chi connectivity index (χ0n) is 24.3. The Morgan fingerprint density at radius 2 is 1.95 bits per heavy atom. The van der Waals surface area contributed by atoms with Crippen molar-refractivity contribution in [2.24, 2.45) is 0 Å². The van der Waals surface area contributed by atoms with Gasteiger partial charge in [0.05, 0.1) is 30.5 Å². The highest BCUT2D eigenvalue weighted by atomic mass is 32.1. The number of ether oxygens (including phenoxy) is 4. The van der Waals surface area contributed by atoms with E-state index >= 15 is 0 Å². The number of fused-ring (bicyclic) bond motifs is 1. The predicted molar refractivity (Wildman–Crippen MR) is 161 cm³/mol. The summed E-state index contributed by atoms with van der Waals surface area (Å²) in [5.41, 5.74) is 1.97. The van der Waals surface area contributed by atoms with Gasteiger partial charge in [0.2, 0.25) is 0 Å². The van der Waals surface area contributed by atoms with E-state index in [-0.39, 0.29) is 40.7 Å². The summed E-state index contributed by atoms with van der Waals surface area (Å²) in [6.07, 6.45) is 2.23. The third kappa shape index (κ3) is 5.60. The van der Waals surface area contributed by atoms with Gasteiger partial charge in [0.1, 0.15) is 29.1 Å². The third-order valence-electron chi connectivity index (χ3n) is 7.01. The Hall–Kier alpha value is -4.64. The summed E-state index contributed by atoms with van der Waals surface area (Å²) < 4.78 is 22.5. The van der Waals surface area contributed by atoms with E-state index < -0.39 is 23.7 Å². The number of Topliss-reactive ketones (excluding diaryl/α,β-unsaturated/α-hetero) is 1. The van der Waals surface area contributed by atoms with Gasteiger partial charge in [-0.3, -0.25) is 14.5 Å². The van der Waals surface area contributed by atoms with E-state index in [1.165, 1.54) is 4.90 Å². The van der Waals surface area contributed by atoms with E-state index in [1.54, 1.807) is 56.3 Å². The molecule has 2 unspecified atom stereocenters. The van der Waals surface area contributed by atoms with Gasteiger partial charge in [-0.1, -0.05) is 30.1 Å². The van der Waals surface area contributed by atoms with Gasteiger partial charge in [0.15, 0.2) is 16.6 Å². The zero-order valence-corrected chi connectivity index (χ0v) is 25.2. The van der Waals surface area contributed by atoms with Gasteiger partial charge in [-0.15, -0.1) is 0 Å². The maximum atomic E-state index is 13.7. The number of anilines is 1. The SMILES string of the molecule is C=CCOc1ccc(C2/C(=C(\O)c3ccc4c(c3)CC(C)O4)C(=O)C(=O)N2c2nc(C)c(C(=O)OCC)s2)cc1OCC. The van der Waals surface area contributed by atoms with E-state index in [0.29, 0.717) is 47.1 Å². The summed E-state index contributed by atoms with van der Waals surface area (Å²) in [4.78, 5) is 45.9. The Morgan fingerprint density at radius 3 is 2.67 bits per heavy atom. The molecule has 0 saturated carbocycles. The first kappa shape index (κ1) is 29.8. The number of carbonyl (C=O) groups excluding carboxylic acids is 3. The maximum absolute atomic E-state index is 13.7. The summed E-state index contributed by atoms with van der Waals surface area (Å²) in [6, 6.07) is 9.12. The number of ketones is 1. The standard InChI is InChI=1S/C32H32N2O8S/c1-6-13-41-23-12-9-19(16-24(23)39-7-2)26-25(27(35)20-10-11-22-21(15-20)14-17(4)42-22)28(36)30(37)34(26)32-33-18(5)29(43-32)31(38)40-8-3/h6,9-12,15-17,26,35H,1,7-8,13-14H2,2-5H3/b27-25+. The van der Waals surface area contributed by atoms with Crippen LogP contribution in [0.2, 0.25) is 0 Å². The zero-order chi connectivity index (χ0) is 30.8. The van der Waals surface area contributed by atoms with Gasteiger partial charge < -0.3 is 24.1 Å². The molecule has 2 aliphatic heterocycles. The molecule has 0 bridgehead atoms. The molecular formula is C32H32N2O8S. The number of esters is 1. The number of carbonyl (C=O) groups is 3. The van der Waals surface area contributed by atoms with Crippen molar-refractivity contribution in [2.75, 3.05) is 24.7 Å². The van der Waals surface area contributed by atoms with Gasteiger partial charge in [-0.25, -0.2) is 9.78 Å². The van der Waals surface area contributed by atoms with Crippen LogP contribution in [0.1, 0.15) is 58.9 Å². The monoisotopic (exact) mass is 604 g/mol. The minimum Gasteiger partial charge on any atom is -0.507 e. The molecule has 5 rings (SSSR count). The Morgan fingerprint density at radius 1 is 1.16 bits per heavy atom. The summed E-state index contributed by atoms with van der Waals surface area (Å²) in [7, 11) is 0. The molecule has 3 aromatic rings. The second-order valence-corrected chi connectivity index (χ2v) is 11.0. The van der Waals surface area contributed by atoms with Crippen LogP contribution in [0.4, 0.5) is 5.13 Å². The molecule has 0 spiro atoms. The highest BCUT2D eigenvalue weighted by Crippen LogP contribution is 2.46. The molecule has 1 fully saturated rings. The average molecular weight is 605 g/mol. The summed E-state index contributed by atoms with van der Waals surface area (Å²) >= 11 is 0.943. The van der Waals surface area contributed by atoms with Gasteiger partial charge in [-0.2, -0.15) is 0 Å². The number of aliphatic hydroxyl groups excluding tert-OH is 1. The normalized spacial score (nSPS) is 18.7. The Kier molecular flexibility index (Phi) is 8.54. The molecule has 10 nitrogen and oxygen atoms in total. The van der Waals surface area contributed by atoms with Crippen molar-refractivity contribution in [3.8, 4) is 17.2 Å². The first-order chi connectivity index (χ1) is 20.7. The lowest BCUT2D eigenvalue weighted by molar-refractivity contribution is -0.132. The van der Waals surface area contributed by atoms with E-state index in [4.69, 9.17) is 18.9 Å². The molecule has 2 atom stereocenters. The molecule has 0 aliphatic carbocycles. The van der Waals surface area contributed by atoms with Crippen LogP contribution < -0.4 is 19.1 Å². The number of aryl methyl sites for hydroxylation is 1. The lowest BCUT2D eigenvalue weighted by atomic mass is 9.94. The fourth-order valence-corrected chi connectivity index (χ4v) is 6.16. The number of aromatic nitrogens is 1. The molecule has 0 radical (unpaired) electrons. The molecule has 1 saturated heterocycles. The van der Waals surface area contributed by atoms with E-state index in [2.05, 4.69) is 11.6 Å². The van der Waals surface area contributed by atoms with E-state index in [1.807, 2.05) is 13.8 Å². The third-order valence-corrected chi connectivity index (χ3v) is 8.14. The van der Waals surface area contributed by atoms with Crippen molar-refractivity contribution in [1.29, 1.82) is 0 Å². The van der Waals surface area contributed by atoms with Crippen LogP contribution in [0.3, 0.4) is 0 Å². The van der Waals surface area contributed by atoms with Crippen molar-refractivity contribution in [2.45, 2.75) is 46.3 Å². The predicted octanol–water partition coefficient (Wildman–Crippen LogP) is 5.54. The topological polar surface area (TPSA) is 124 Å².